The van der Waals surface area contributed by atoms with Gasteiger partial charge in [-0.05, 0) is 88.6 Å². The first-order valence-corrected chi connectivity index (χ1v) is 17.9. The highest BCUT2D eigenvalue weighted by Gasteiger charge is 2.34. The van der Waals surface area contributed by atoms with E-state index in [-0.39, 0.29) is 12.0 Å². The summed E-state index contributed by atoms with van der Waals surface area (Å²) < 4.78 is 0. The highest BCUT2D eigenvalue weighted by atomic mass is 14.9. The second-order valence-corrected chi connectivity index (χ2v) is 13.8. The summed E-state index contributed by atoms with van der Waals surface area (Å²) in [5.74, 6) is 1.51. The van der Waals surface area contributed by atoms with Crippen LogP contribution in [0.5, 0.6) is 0 Å². The van der Waals surface area contributed by atoms with Crippen molar-refractivity contribution in [2.45, 2.75) is 31.7 Å². The summed E-state index contributed by atoms with van der Waals surface area (Å²) in [6.07, 6.45) is 38.4. The zero-order valence-electron chi connectivity index (χ0n) is 28.0. The van der Waals surface area contributed by atoms with Crippen LogP contribution in [0.4, 0.5) is 5.69 Å². The fraction of sp³-hybridized carbons (Fsp3) is 0.191. The first-order valence-electron chi connectivity index (χ1n) is 17.9. The molecule has 5 aliphatic rings. The lowest BCUT2D eigenvalue weighted by atomic mass is 9.67. The summed E-state index contributed by atoms with van der Waals surface area (Å²) >= 11 is 0. The largest absolute Gasteiger partial charge is 0.355 e. The minimum atomic E-state index is -0.0546. The molecule has 0 spiro atoms. The molecule has 0 saturated carbocycles. The maximum absolute atomic E-state index is 6.94. The van der Waals surface area contributed by atoms with E-state index in [9.17, 15) is 0 Å². The molecule has 3 N–H and O–H groups in total. The predicted octanol–water partition coefficient (Wildman–Crippen LogP) is 11.1. The van der Waals surface area contributed by atoms with Crippen molar-refractivity contribution >= 4 is 28.5 Å². The number of fused-ring (bicyclic) bond motifs is 5. The molecule has 0 aliphatic heterocycles. The number of nitrogens with two attached hydrogens (primary N) is 1. The Morgan fingerprint density at radius 1 is 0.755 bits per heavy atom. The Morgan fingerprint density at radius 3 is 2.41 bits per heavy atom. The molecule has 8 rings (SSSR count). The summed E-state index contributed by atoms with van der Waals surface area (Å²) in [6, 6.07) is 28.3. The van der Waals surface area contributed by atoms with Gasteiger partial charge in [0, 0.05) is 34.8 Å². The fourth-order valence-electron chi connectivity index (χ4n) is 8.02. The van der Waals surface area contributed by atoms with Crippen LogP contribution in [0, 0.1) is 23.7 Å². The van der Waals surface area contributed by atoms with Crippen LogP contribution in [-0.2, 0) is 0 Å². The van der Waals surface area contributed by atoms with Crippen molar-refractivity contribution in [3.63, 3.8) is 0 Å². The monoisotopic (exact) mass is 636 g/mol. The molecule has 49 heavy (non-hydrogen) atoms. The van der Waals surface area contributed by atoms with Gasteiger partial charge in [-0.2, -0.15) is 0 Å². The molecule has 2 nitrogen and oxygen atoms in total. The Hall–Kier alpha value is -5.18. The number of hydrogen-bond acceptors (Lipinski definition) is 2. The van der Waals surface area contributed by atoms with E-state index in [0.29, 0.717) is 17.8 Å². The third-order valence-corrected chi connectivity index (χ3v) is 10.7. The molecule has 0 aromatic heterocycles. The van der Waals surface area contributed by atoms with Gasteiger partial charge in [-0.3, -0.25) is 0 Å². The molecule has 0 saturated heterocycles. The molecule has 242 valence electrons. The van der Waals surface area contributed by atoms with Crippen molar-refractivity contribution in [3.8, 4) is 0 Å². The van der Waals surface area contributed by atoms with E-state index in [0.717, 1.165) is 37.1 Å². The minimum Gasteiger partial charge on any atom is -0.355 e. The molecule has 3 aromatic carbocycles. The predicted molar refractivity (Wildman–Crippen MR) is 209 cm³/mol. The number of hydrogen-bond donors (Lipinski definition) is 2. The summed E-state index contributed by atoms with van der Waals surface area (Å²) in [5, 5.41) is 3.81. The van der Waals surface area contributed by atoms with E-state index in [2.05, 4.69) is 175 Å². The highest BCUT2D eigenvalue weighted by Crippen LogP contribution is 2.50. The second kappa shape index (κ2) is 14.1. The summed E-state index contributed by atoms with van der Waals surface area (Å²) in [4.78, 5) is 0. The van der Waals surface area contributed by atoms with Crippen LogP contribution in [-0.4, -0.2) is 6.04 Å². The van der Waals surface area contributed by atoms with E-state index in [1.807, 2.05) is 0 Å². The Balaban J connectivity index is 1.04. The quantitative estimate of drug-likeness (QED) is 0.245. The Labute approximate surface area is 291 Å². The van der Waals surface area contributed by atoms with Gasteiger partial charge in [0.25, 0.3) is 0 Å². The third kappa shape index (κ3) is 6.62. The van der Waals surface area contributed by atoms with Gasteiger partial charge in [0.2, 0.25) is 0 Å². The summed E-state index contributed by atoms with van der Waals surface area (Å²) in [7, 11) is 0. The van der Waals surface area contributed by atoms with Gasteiger partial charge in [0.05, 0.1) is 0 Å². The molecule has 5 atom stereocenters. The molecule has 0 amide bonds. The second-order valence-electron chi connectivity index (χ2n) is 13.8. The van der Waals surface area contributed by atoms with Crippen molar-refractivity contribution in [2.24, 2.45) is 29.4 Å². The van der Waals surface area contributed by atoms with Gasteiger partial charge in [-0.25, -0.2) is 0 Å². The van der Waals surface area contributed by atoms with Crippen LogP contribution >= 0.6 is 0 Å². The van der Waals surface area contributed by atoms with E-state index in [1.54, 1.807) is 0 Å². The Morgan fingerprint density at radius 2 is 1.57 bits per heavy atom. The standard InChI is InChI=1S/C47H44N2/c48-45(32-37(34-15-5-2-6-16-34)24-23-33-13-3-1-4-14-33)36-25-28-39(29-26-36)49-46-22-12-11-21-42(46)44-31-38-18-8-9-19-40(38)43-30-27-35-17-7-10-20-41(35)47(43)44/h1-13,15-22,25,27-33,36,40,43,45,49H,14,23-24,26,48H2/b37-32+. The highest BCUT2D eigenvalue weighted by molar-refractivity contribution is 6.04. The van der Waals surface area contributed by atoms with Crippen molar-refractivity contribution < 1.29 is 0 Å². The van der Waals surface area contributed by atoms with Gasteiger partial charge >= 0.3 is 0 Å². The number of benzene rings is 3. The van der Waals surface area contributed by atoms with Crippen LogP contribution in [0.1, 0.15) is 47.9 Å². The van der Waals surface area contributed by atoms with Crippen molar-refractivity contribution in [2.75, 3.05) is 5.32 Å². The molecule has 0 bridgehead atoms. The van der Waals surface area contributed by atoms with E-state index in [4.69, 9.17) is 5.73 Å². The SMILES string of the molecule is NC(/C=C(\CCC1C=CC=CC1)c1ccccc1)C1C=CC(Nc2ccccc2C2=C3c4ccccc4C=CC3C3C=CC=CC3=C2)=CC1. The maximum atomic E-state index is 6.94. The van der Waals surface area contributed by atoms with Crippen LogP contribution in [0.3, 0.4) is 0 Å². The zero-order valence-corrected chi connectivity index (χ0v) is 28.0. The molecular weight excluding hydrogens is 593 g/mol. The number of nitrogens with one attached hydrogen (secondary N) is 1. The van der Waals surface area contributed by atoms with Crippen molar-refractivity contribution in [3.05, 3.63) is 197 Å². The lowest BCUT2D eigenvalue weighted by Crippen LogP contribution is -2.28. The van der Waals surface area contributed by atoms with Gasteiger partial charge < -0.3 is 11.1 Å². The van der Waals surface area contributed by atoms with Crippen LogP contribution in [0.15, 0.2) is 175 Å². The third-order valence-electron chi connectivity index (χ3n) is 10.7. The van der Waals surface area contributed by atoms with E-state index in [1.165, 1.54) is 44.5 Å². The van der Waals surface area contributed by atoms with Gasteiger partial charge in [0.1, 0.15) is 0 Å². The number of allylic oxidation sites excluding steroid dienone is 16. The number of rotatable bonds is 9. The maximum Gasteiger partial charge on any atom is 0.0463 e. The summed E-state index contributed by atoms with van der Waals surface area (Å²) in [5.41, 5.74) is 19.7. The number of anilines is 1. The molecule has 3 aromatic rings. The molecule has 0 radical (unpaired) electrons. The minimum absolute atomic E-state index is 0.0546. The Kier molecular flexibility index (Phi) is 8.97. The average molecular weight is 637 g/mol. The topological polar surface area (TPSA) is 38.0 Å². The molecule has 5 aliphatic carbocycles. The van der Waals surface area contributed by atoms with Gasteiger partial charge in [-0.1, -0.05) is 158 Å². The van der Waals surface area contributed by atoms with Crippen molar-refractivity contribution in [1.82, 2.24) is 0 Å². The number of para-hydroxylation sites is 1. The van der Waals surface area contributed by atoms with Crippen LogP contribution in [0.2, 0.25) is 0 Å². The van der Waals surface area contributed by atoms with Gasteiger partial charge in [-0.15, -0.1) is 0 Å². The van der Waals surface area contributed by atoms with Crippen molar-refractivity contribution in [1.29, 1.82) is 0 Å². The smallest absolute Gasteiger partial charge is 0.0463 e. The molecule has 2 heteroatoms. The molecular formula is C47H44N2. The first-order chi connectivity index (χ1) is 24.2. The lowest BCUT2D eigenvalue weighted by molar-refractivity contribution is 0.573. The molecule has 5 unspecified atom stereocenters. The average Bonchev–Trinajstić information content (AvgIpc) is 3.17. The summed E-state index contributed by atoms with van der Waals surface area (Å²) in [6.45, 7) is 0. The Bertz CT molecular complexity index is 2020. The van der Waals surface area contributed by atoms with E-state index < -0.39 is 0 Å². The lowest BCUT2D eigenvalue weighted by Gasteiger charge is -2.36. The van der Waals surface area contributed by atoms with E-state index >= 15 is 0 Å². The molecule has 0 heterocycles. The van der Waals surface area contributed by atoms with Crippen LogP contribution < -0.4 is 11.1 Å². The van der Waals surface area contributed by atoms with Gasteiger partial charge in [0.15, 0.2) is 0 Å². The van der Waals surface area contributed by atoms with Crippen LogP contribution in [0.25, 0.3) is 22.8 Å². The fourth-order valence-corrected chi connectivity index (χ4v) is 8.02. The first kappa shape index (κ1) is 31.1. The normalized spacial score (nSPS) is 24.1. The zero-order chi connectivity index (χ0) is 33.0. The molecule has 0 fully saturated rings.